The molecule has 0 aromatic rings. The fraction of sp³-hybridized carbons (Fsp3) is 0.667. The highest BCUT2D eigenvalue weighted by molar-refractivity contribution is 5.96. The largest absolute Gasteiger partial charge is 0.457 e. The van der Waals surface area contributed by atoms with Gasteiger partial charge in [0.15, 0.2) is 0 Å². The number of halogens is 1. The summed E-state index contributed by atoms with van der Waals surface area (Å²) in [5.74, 6) is -1.73. The van der Waals surface area contributed by atoms with Crippen molar-refractivity contribution in [1.29, 1.82) is 0 Å². The lowest BCUT2D eigenvalue weighted by Crippen LogP contribution is -2.68. The standard InChI is InChI=1S/C12H21FN2O3/c1-7(2)9(16)15-12(14,8(3)13)10(17)18-11(4,5)6/h8H,1,14H2,2-6H3,(H,15,16). The van der Waals surface area contributed by atoms with Crippen molar-refractivity contribution in [2.45, 2.75) is 52.1 Å². The van der Waals surface area contributed by atoms with Crippen molar-refractivity contribution >= 4 is 11.9 Å². The Balaban J connectivity index is 5.10. The predicted molar refractivity (Wildman–Crippen MR) is 66.3 cm³/mol. The van der Waals surface area contributed by atoms with Crippen LogP contribution in [-0.4, -0.2) is 29.3 Å². The monoisotopic (exact) mass is 260 g/mol. The third kappa shape index (κ3) is 4.44. The highest BCUT2D eigenvalue weighted by Crippen LogP contribution is 2.16. The Labute approximate surface area is 107 Å². The number of rotatable bonds is 4. The topological polar surface area (TPSA) is 81.4 Å². The second-order valence-corrected chi connectivity index (χ2v) is 5.22. The molecule has 0 spiro atoms. The van der Waals surface area contributed by atoms with Crippen LogP contribution in [-0.2, 0) is 14.3 Å². The Morgan fingerprint density at radius 3 is 2.11 bits per heavy atom. The summed E-state index contributed by atoms with van der Waals surface area (Å²) < 4.78 is 18.5. The lowest BCUT2D eigenvalue weighted by atomic mass is 10.1. The lowest BCUT2D eigenvalue weighted by molar-refractivity contribution is -0.167. The molecule has 0 heterocycles. The normalized spacial score (nSPS) is 16.4. The molecule has 0 aromatic carbocycles. The van der Waals surface area contributed by atoms with Gasteiger partial charge in [-0.1, -0.05) is 6.58 Å². The van der Waals surface area contributed by atoms with Crippen LogP contribution in [0.25, 0.3) is 0 Å². The molecular formula is C12H21FN2O3. The van der Waals surface area contributed by atoms with Gasteiger partial charge in [-0.25, -0.2) is 9.18 Å². The zero-order chi connectivity index (χ0) is 14.7. The third-order valence-corrected chi connectivity index (χ3v) is 2.07. The van der Waals surface area contributed by atoms with E-state index in [4.69, 9.17) is 10.5 Å². The highest BCUT2D eigenvalue weighted by Gasteiger charge is 2.45. The molecule has 0 aromatic heterocycles. The molecule has 0 bridgehead atoms. The van der Waals surface area contributed by atoms with E-state index in [1.54, 1.807) is 20.8 Å². The first-order valence-electron chi connectivity index (χ1n) is 5.54. The Hall–Kier alpha value is -1.43. The number of alkyl halides is 1. The minimum absolute atomic E-state index is 0.119. The van der Waals surface area contributed by atoms with E-state index in [1.165, 1.54) is 6.92 Å². The van der Waals surface area contributed by atoms with Crippen molar-refractivity contribution < 1.29 is 18.7 Å². The van der Waals surface area contributed by atoms with Crippen LogP contribution in [0.5, 0.6) is 0 Å². The summed E-state index contributed by atoms with van der Waals surface area (Å²) in [6.45, 7) is 10.7. The lowest BCUT2D eigenvalue weighted by Gasteiger charge is -2.32. The first kappa shape index (κ1) is 16.6. The summed E-state index contributed by atoms with van der Waals surface area (Å²) in [7, 11) is 0. The molecule has 0 radical (unpaired) electrons. The second-order valence-electron chi connectivity index (χ2n) is 5.22. The molecule has 0 fully saturated rings. The molecule has 0 aliphatic carbocycles. The fourth-order valence-electron chi connectivity index (χ4n) is 0.970. The molecule has 18 heavy (non-hydrogen) atoms. The van der Waals surface area contributed by atoms with Crippen molar-refractivity contribution in [2.24, 2.45) is 5.73 Å². The number of nitrogens with two attached hydrogens (primary N) is 1. The van der Waals surface area contributed by atoms with Crippen molar-refractivity contribution in [3.63, 3.8) is 0 Å². The second kappa shape index (κ2) is 5.48. The Bertz CT molecular complexity index is 361. The maximum atomic E-state index is 13.5. The smallest absolute Gasteiger partial charge is 0.350 e. The molecule has 5 nitrogen and oxygen atoms in total. The minimum Gasteiger partial charge on any atom is -0.457 e. The van der Waals surface area contributed by atoms with Gasteiger partial charge in [0, 0.05) is 5.57 Å². The number of nitrogens with one attached hydrogen (secondary N) is 1. The van der Waals surface area contributed by atoms with E-state index in [1.807, 2.05) is 0 Å². The van der Waals surface area contributed by atoms with E-state index >= 15 is 0 Å². The molecule has 3 N–H and O–H groups in total. The molecule has 0 saturated carbocycles. The molecule has 0 aliphatic rings. The van der Waals surface area contributed by atoms with E-state index in [-0.39, 0.29) is 5.57 Å². The molecule has 2 unspecified atom stereocenters. The molecule has 0 rings (SSSR count). The van der Waals surface area contributed by atoms with Gasteiger partial charge in [0.25, 0.3) is 0 Å². The average Bonchev–Trinajstić information content (AvgIpc) is 2.13. The Kier molecular flexibility index (Phi) is 5.04. The number of esters is 1. The molecule has 104 valence electrons. The van der Waals surface area contributed by atoms with Gasteiger partial charge < -0.3 is 10.1 Å². The fourth-order valence-corrected chi connectivity index (χ4v) is 0.970. The molecular weight excluding hydrogens is 239 g/mol. The van der Waals surface area contributed by atoms with E-state index < -0.39 is 29.3 Å². The van der Waals surface area contributed by atoms with E-state index in [9.17, 15) is 14.0 Å². The van der Waals surface area contributed by atoms with Gasteiger partial charge in [-0.3, -0.25) is 10.5 Å². The summed E-state index contributed by atoms with van der Waals surface area (Å²) in [5, 5.41) is 2.10. The number of carbonyl (C=O) groups is 2. The predicted octanol–water partition coefficient (Wildman–Crippen LogP) is 1.03. The van der Waals surface area contributed by atoms with Gasteiger partial charge in [0.2, 0.25) is 11.6 Å². The van der Waals surface area contributed by atoms with Crippen LogP contribution < -0.4 is 11.1 Å². The molecule has 6 heteroatoms. The van der Waals surface area contributed by atoms with Crippen LogP contribution in [0.1, 0.15) is 34.6 Å². The van der Waals surface area contributed by atoms with Crippen molar-refractivity contribution in [1.82, 2.24) is 5.32 Å². The zero-order valence-corrected chi connectivity index (χ0v) is 11.5. The van der Waals surface area contributed by atoms with Crippen molar-refractivity contribution in [3.8, 4) is 0 Å². The maximum Gasteiger partial charge on any atom is 0.350 e. The van der Waals surface area contributed by atoms with Crippen LogP contribution in [0.15, 0.2) is 12.2 Å². The molecule has 0 aliphatic heterocycles. The van der Waals surface area contributed by atoms with Gasteiger partial charge in [-0.2, -0.15) is 0 Å². The highest BCUT2D eigenvalue weighted by atomic mass is 19.1. The SMILES string of the molecule is C=C(C)C(=O)NC(N)(C(=O)OC(C)(C)C)C(C)F. The van der Waals surface area contributed by atoms with Crippen LogP contribution in [0.3, 0.4) is 0 Å². The number of hydrogen-bond acceptors (Lipinski definition) is 4. The summed E-state index contributed by atoms with van der Waals surface area (Å²) in [5.41, 5.74) is 2.68. The maximum absolute atomic E-state index is 13.5. The first-order chi connectivity index (χ1) is 7.90. The Morgan fingerprint density at radius 2 is 1.83 bits per heavy atom. The molecule has 0 saturated heterocycles. The summed E-state index contributed by atoms with van der Waals surface area (Å²) in [4.78, 5) is 23.3. The summed E-state index contributed by atoms with van der Waals surface area (Å²) in [6.07, 6.45) is -1.81. The van der Waals surface area contributed by atoms with Gasteiger partial charge in [-0.05, 0) is 34.6 Å². The quantitative estimate of drug-likeness (QED) is 0.449. The van der Waals surface area contributed by atoms with E-state index in [0.29, 0.717) is 0 Å². The Morgan fingerprint density at radius 1 is 1.39 bits per heavy atom. The first-order valence-corrected chi connectivity index (χ1v) is 5.54. The average molecular weight is 260 g/mol. The van der Waals surface area contributed by atoms with Crippen LogP contribution in [0.2, 0.25) is 0 Å². The van der Waals surface area contributed by atoms with Gasteiger partial charge in [0.1, 0.15) is 11.8 Å². The third-order valence-electron chi connectivity index (χ3n) is 2.07. The van der Waals surface area contributed by atoms with E-state index in [0.717, 1.165) is 6.92 Å². The number of ether oxygens (including phenoxy) is 1. The summed E-state index contributed by atoms with van der Waals surface area (Å²) in [6, 6.07) is 0. The van der Waals surface area contributed by atoms with Crippen LogP contribution >= 0.6 is 0 Å². The molecule has 1 amide bonds. The molecule has 2 atom stereocenters. The number of carbonyl (C=O) groups excluding carboxylic acids is 2. The van der Waals surface area contributed by atoms with Crippen LogP contribution in [0.4, 0.5) is 4.39 Å². The van der Waals surface area contributed by atoms with E-state index in [2.05, 4.69) is 11.9 Å². The van der Waals surface area contributed by atoms with Gasteiger partial charge in [0.05, 0.1) is 0 Å². The van der Waals surface area contributed by atoms with Crippen LogP contribution in [0, 0.1) is 0 Å². The van der Waals surface area contributed by atoms with Gasteiger partial charge in [-0.15, -0.1) is 0 Å². The van der Waals surface area contributed by atoms with Gasteiger partial charge >= 0.3 is 5.97 Å². The van der Waals surface area contributed by atoms with Crippen molar-refractivity contribution in [3.05, 3.63) is 12.2 Å². The summed E-state index contributed by atoms with van der Waals surface area (Å²) >= 11 is 0. The number of amides is 1. The van der Waals surface area contributed by atoms with Crippen molar-refractivity contribution in [2.75, 3.05) is 0 Å². The zero-order valence-electron chi connectivity index (χ0n) is 11.5. The minimum atomic E-state index is -2.22. The number of hydrogen-bond donors (Lipinski definition) is 2.